The summed E-state index contributed by atoms with van der Waals surface area (Å²) in [5.74, 6) is -0.332. The van der Waals surface area contributed by atoms with E-state index >= 15 is 0 Å². The Morgan fingerprint density at radius 3 is 2.30 bits per heavy atom. The van der Waals surface area contributed by atoms with Crippen LogP contribution in [0.1, 0.15) is 31.4 Å². The molecule has 0 aliphatic heterocycles. The zero-order chi connectivity index (χ0) is 17.4. The molecule has 0 saturated carbocycles. The van der Waals surface area contributed by atoms with Crippen LogP contribution in [-0.4, -0.2) is 57.0 Å². The van der Waals surface area contributed by atoms with Gasteiger partial charge in [0, 0.05) is 32.7 Å². The Morgan fingerprint density at radius 2 is 1.83 bits per heavy atom. The highest BCUT2D eigenvalue weighted by Gasteiger charge is 2.22. The van der Waals surface area contributed by atoms with Gasteiger partial charge in [-0.05, 0) is 32.6 Å². The van der Waals surface area contributed by atoms with Crippen molar-refractivity contribution in [2.24, 2.45) is 4.99 Å². The van der Waals surface area contributed by atoms with Crippen LogP contribution in [0.3, 0.4) is 0 Å². The quantitative estimate of drug-likeness (QED) is 0.617. The van der Waals surface area contributed by atoms with E-state index in [1.165, 1.54) is 18.2 Å². The van der Waals surface area contributed by atoms with Crippen molar-refractivity contribution < 1.29 is 8.78 Å². The molecule has 0 aliphatic carbocycles. The lowest BCUT2D eigenvalue weighted by Crippen LogP contribution is -2.43. The van der Waals surface area contributed by atoms with Gasteiger partial charge in [-0.25, -0.2) is 8.78 Å². The molecule has 0 aromatic heterocycles. The van der Waals surface area contributed by atoms with E-state index < -0.39 is 17.7 Å². The first-order valence-electron chi connectivity index (χ1n) is 7.94. The van der Waals surface area contributed by atoms with Crippen molar-refractivity contribution in [1.29, 1.82) is 0 Å². The Kier molecular flexibility index (Phi) is 7.95. The number of guanidine groups is 1. The summed E-state index contributed by atoms with van der Waals surface area (Å²) in [6.07, 6.45) is 2.17. The van der Waals surface area contributed by atoms with Crippen molar-refractivity contribution in [2.45, 2.75) is 25.8 Å². The number of benzene rings is 1. The molecule has 6 heteroatoms. The molecule has 1 unspecified atom stereocenters. The SMILES string of the molecule is CCCCN(C)C(=NC)NCC(c1c(F)cccc1F)N(C)C. The molecule has 0 fully saturated rings. The van der Waals surface area contributed by atoms with Gasteiger partial charge in [0.2, 0.25) is 0 Å². The monoisotopic (exact) mass is 326 g/mol. The number of aliphatic imine (C=N–C) groups is 1. The lowest BCUT2D eigenvalue weighted by Gasteiger charge is -2.28. The highest BCUT2D eigenvalue weighted by atomic mass is 19.1. The fraction of sp³-hybridized carbons (Fsp3) is 0.588. The van der Waals surface area contributed by atoms with Crippen molar-refractivity contribution in [1.82, 2.24) is 15.1 Å². The van der Waals surface area contributed by atoms with Gasteiger partial charge in [0.15, 0.2) is 5.96 Å². The first-order chi connectivity index (χ1) is 10.9. The minimum atomic E-state index is -0.528. The van der Waals surface area contributed by atoms with Crippen molar-refractivity contribution in [3.8, 4) is 0 Å². The van der Waals surface area contributed by atoms with Gasteiger partial charge in [-0.15, -0.1) is 0 Å². The van der Waals surface area contributed by atoms with Gasteiger partial charge in [0.1, 0.15) is 11.6 Å². The molecule has 1 aromatic carbocycles. The molecule has 0 spiro atoms. The Morgan fingerprint density at radius 1 is 1.22 bits per heavy atom. The van der Waals surface area contributed by atoms with Gasteiger partial charge in [0.05, 0.1) is 6.04 Å². The Balaban J connectivity index is 2.85. The molecule has 1 rings (SSSR count). The maximum Gasteiger partial charge on any atom is 0.193 e. The zero-order valence-electron chi connectivity index (χ0n) is 14.7. The van der Waals surface area contributed by atoms with Gasteiger partial charge in [-0.2, -0.15) is 0 Å². The molecular formula is C17H28F2N4. The van der Waals surface area contributed by atoms with E-state index in [0.29, 0.717) is 6.54 Å². The Bertz CT molecular complexity index is 497. The maximum absolute atomic E-state index is 14.1. The van der Waals surface area contributed by atoms with Gasteiger partial charge in [0.25, 0.3) is 0 Å². The number of rotatable bonds is 7. The van der Waals surface area contributed by atoms with Crippen LogP contribution in [0.25, 0.3) is 0 Å². The maximum atomic E-state index is 14.1. The summed E-state index contributed by atoms with van der Waals surface area (Å²) < 4.78 is 28.1. The number of unbranched alkanes of at least 4 members (excludes halogenated alkanes) is 1. The van der Waals surface area contributed by atoms with Crippen molar-refractivity contribution in [2.75, 3.05) is 41.3 Å². The second kappa shape index (κ2) is 9.45. The number of nitrogens with zero attached hydrogens (tertiary/aromatic N) is 3. The van der Waals surface area contributed by atoms with Crippen LogP contribution in [0.2, 0.25) is 0 Å². The summed E-state index contributed by atoms with van der Waals surface area (Å²) in [5.41, 5.74) is 0.0802. The topological polar surface area (TPSA) is 30.9 Å². The molecule has 0 saturated heterocycles. The minimum absolute atomic E-state index is 0.0802. The lowest BCUT2D eigenvalue weighted by molar-refractivity contribution is 0.280. The third-order valence-electron chi connectivity index (χ3n) is 3.83. The number of hydrogen-bond donors (Lipinski definition) is 1. The average molecular weight is 326 g/mol. The average Bonchev–Trinajstić information content (AvgIpc) is 2.50. The number of hydrogen-bond acceptors (Lipinski definition) is 2. The van der Waals surface area contributed by atoms with E-state index in [2.05, 4.69) is 17.2 Å². The zero-order valence-corrected chi connectivity index (χ0v) is 14.7. The molecule has 130 valence electrons. The summed E-state index contributed by atoms with van der Waals surface area (Å²) in [7, 11) is 7.28. The molecule has 0 heterocycles. The smallest absolute Gasteiger partial charge is 0.193 e. The Hall–Kier alpha value is -1.69. The molecule has 23 heavy (non-hydrogen) atoms. The second-order valence-electron chi connectivity index (χ2n) is 5.82. The van der Waals surface area contributed by atoms with Gasteiger partial charge >= 0.3 is 0 Å². The fourth-order valence-electron chi connectivity index (χ4n) is 2.45. The highest BCUT2D eigenvalue weighted by Crippen LogP contribution is 2.23. The molecule has 1 atom stereocenters. The summed E-state index contributed by atoms with van der Waals surface area (Å²) in [5, 5.41) is 3.21. The predicted molar refractivity (Wildman–Crippen MR) is 91.7 cm³/mol. The van der Waals surface area contributed by atoms with E-state index in [0.717, 1.165) is 25.3 Å². The van der Waals surface area contributed by atoms with E-state index in [1.807, 2.05) is 26.0 Å². The molecule has 4 nitrogen and oxygen atoms in total. The van der Waals surface area contributed by atoms with Crippen LogP contribution in [0.5, 0.6) is 0 Å². The summed E-state index contributed by atoms with van der Waals surface area (Å²) in [6.45, 7) is 3.39. The number of nitrogens with one attached hydrogen (secondary N) is 1. The molecule has 0 bridgehead atoms. The number of halogens is 2. The molecule has 0 aliphatic rings. The first kappa shape index (κ1) is 19.4. The van der Waals surface area contributed by atoms with Crippen LogP contribution in [0.15, 0.2) is 23.2 Å². The minimum Gasteiger partial charge on any atom is -0.354 e. The van der Waals surface area contributed by atoms with E-state index in [4.69, 9.17) is 0 Å². The van der Waals surface area contributed by atoms with Gasteiger partial charge in [-0.3, -0.25) is 4.99 Å². The largest absolute Gasteiger partial charge is 0.354 e. The van der Waals surface area contributed by atoms with Gasteiger partial charge in [-0.1, -0.05) is 19.4 Å². The van der Waals surface area contributed by atoms with Crippen molar-refractivity contribution in [3.63, 3.8) is 0 Å². The molecule has 0 amide bonds. The highest BCUT2D eigenvalue weighted by molar-refractivity contribution is 5.79. The predicted octanol–water partition coefficient (Wildman–Crippen LogP) is 2.87. The standard InChI is InChI=1S/C17H28F2N4/c1-6-7-11-23(5)17(20-2)21-12-15(22(3)4)16-13(18)9-8-10-14(16)19/h8-10,15H,6-7,11-12H2,1-5H3,(H,20,21). The van der Waals surface area contributed by atoms with Crippen LogP contribution in [0.4, 0.5) is 8.78 Å². The van der Waals surface area contributed by atoms with Crippen molar-refractivity contribution >= 4 is 5.96 Å². The molecule has 0 radical (unpaired) electrons. The normalized spacial score (nSPS) is 13.3. The van der Waals surface area contributed by atoms with Crippen LogP contribution < -0.4 is 5.32 Å². The van der Waals surface area contributed by atoms with E-state index in [1.54, 1.807) is 11.9 Å². The summed E-state index contributed by atoms with van der Waals surface area (Å²) in [6, 6.07) is 3.53. The van der Waals surface area contributed by atoms with Crippen LogP contribution >= 0.6 is 0 Å². The summed E-state index contributed by atoms with van der Waals surface area (Å²) in [4.78, 5) is 8.06. The van der Waals surface area contributed by atoms with E-state index in [-0.39, 0.29) is 5.56 Å². The van der Waals surface area contributed by atoms with Crippen LogP contribution in [0, 0.1) is 11.6 Å². The van der Waals surface area contributed by atoms with Gasteiger partial charge < -0.3 is 15.1 Å². The third-order valence-corrected chi connectivity index (χ3v) is 3.83. The third kappa shape index (κ3) is 5.46. The van der Waals surface area contributed by atoms with Crippen LogP contribution in [-0.2, 0) is 0 Å². The van der Waals surface area contributed by atoms with Crippen molar-refractivity contribution in [3.05, 3.63) is 35.4 Å². The van der Waals surface area contributed by atoms with E-state index in [9.17, 15) is 8.78 Å². The molecule has 1 aromatic rings. The fourth-order valence-corrected chi connectivity index (χ4v) is 2.45. The number of likely N-dealkylation sites (N-methyl/N-ethyl adjacent to an activating group) is 1. The second-order valence-corrected chi connectivity index (χ2v) is 5.82. The molecule has 1 N–H and O–H groups in total. The Labute approximate surface area is 138 Å². The molecular weight excluding hydrogens is 298 g/mol. The lowest BCUT2D eigenvalue weighted by atomic mass is 10.0. The summed E-state index contributed by atoms with van der Waals surface area (Å²) >= 11 is 0. The first-order valence-corrected chi connectivity index (χ1v) is 7.94.